The van der Waals surface area contributed by atoms with Crippen LogP contribution in [0.5, 0.6) is 0 Å². The van der Waals surface area contributed by atoms with Crippen molar-refractivity contribution in [2.75, 3.05) is 0 Å². The molecule has 158 valence electrons. The van der Waals surface area contributed by atoms with Crippen molar-refractivity contribution in [1.82, 2.24) is 5.32 Å². The third kappa shape index (κ3) is 6.11. The summed E-state index contributed by atoms with van der Waals surface area (Å²) in [5.74, 6) is 0.282. The van der Waals surface area contributed by atoms with Gasteiger partial charge in [-0.1, -0.05) is 62.8 Å². The van der Waals surface area contributed by atoms with Crippen molar-refractivity contribution in [1.29, 1.82) is 0 Å². The maximum absolute atomic E-state index is 13.9. The lowest BCUT2D eigenvalue weighted by Crippen LogP contribution is -2.28. The van der Waals surface area contributed by atoms with E-state index in [-0.39, 0.29) is 4.90 Å². The molecule has 1 atom stereocenters. The SMILES string of the molecule is CC(CC1CCCCCC1)NCc1ccccc1-c1cc(F)ccc1S(N)(=O)=O. The van der Waals surface area contributed by atoms with Crippen LogP contribution in [0.25, 0.3) is 11.1 Å². The van der Waals surface area contributed by atoms with Crippen LogP contribution in [0.4, 0.5) is 4.39 Å². The molecule has 0 bridgehead atoms. The average molecular weight is 419 g/mol. The Labute approximate surface area is 173 Å². The summed E-state index contributed by atoms with van der Waals surface area (Å²) in [4.78, 5) is -0.0575. The quantitative estimate of drug-likeness (QED) is 0.623. The largest absolute Gasteiger partial charge is 0.310 e. The summed E-state index contributed by atoms with van der Waals surface area (Å²) < 4.78 is 37.9. The fourth-order valence-corrected chi connectivity index (χ4v) is 5.10. The van der Waals surface area contributed by atoms with E-state index in [9.17, 15) is 12.8 Å². The Kier molecular flexibility index (Phi) is 7.44. The molecule has 1 fully saturated rings. The van der Waals surface area contributed by atoms with Crippen molar-refractivity contribution in [2.45, 2.75) is 69.4 Å². The second-order valence-corrected chi connectivity index (χ2v) is 9.75. The van der Waals surface area contributed by atoms with E-state index in [0.717, 1.165) is 24.0 Å². The van der Waals surface area contributed by atoms with Gasteiger partial charge < -0.3 is 5.32 Å². The van der Waals surface area contributed by atoms with Gasteiger partial charge in [-0.05, 0) is 48.6 Å². The van der Waals surface area contributed by atoms with E-state index in [1.54, 1.807) is 0 Å². The molecule has 1 aliphatic carbocycles. The van der Waals surface area contributed by atoms with Crippen molar-refractivity contribution in [3.05, 3.63) is 53.8 Å². The van der Waals surface area contributed by atoms with Crippen LogP contribution >= 0.6 is 0 Å². The Morgan fingerprint density at radius 2 is 1.76 bits per heavy atom. The molecule has 6 heteroatoms. The number of sulfonamides is 1. The van der Waals surface area contributed by atoms with Crippen molar-refractivity contribution in [2.24, 2.45) is 11.1 Å². The third-order valence-electron chi connectivity index (χ3n) is 5.86. The van der Waals surface area contributed by atoms with E-state index >= 15 is 0 Å². The zero-order chi connectivity index (χ0) is 20.9. The molecule has 3 rings (SSSR count). The van der Waals surface area contributed by atoms with E-state index in [0.29, 0.717) is 23.7 Å². The van der Waals surface area contributed by atoms with Crippen LogP contribution in [0.2, 0.25) is 0 Å². The van der Waals surface area contributed by atoms with Crippen LogP contribution < -0.4 is 10.5 Å². The Morgan fingerprint density at radius 3 is 2.45 bits per heavy atom. The average Bonchev–Trinajstić information content (AvgIpc) is 2.94. The molecule has 0 saturated heterocycles. The van der Waals surface area contributed by atoms with Crippen molar-refractivity contribution < 1.29 is 12.8 Å². The fraction of sp³-hybridized carbons (Fsp3) is 0.478. The highest BCUT2D eigenvalue weighted by molar-refractivity contribution is 7.89. The molecular formula is C23H31FN2O2S. The van der Waals surface area contributed by atoms with Crippen LogP contribution in [0, 0.1) is 11.7 Å². The van der Waals surface area contributed by atoms with Gasteiger partial charge in [0.05, 0.1) is 4.90 Å². The van der Waals surface area contributed by atoms with Gasteiger partial charge >= 0.3 is 0 Å². The monoisotopic (exact) mass is 418 g/mol. The molecular weight excluding hydrogens is 387 g/mol. The highest BCUT2D eigenvalue weighted by Gasteiger charge is 2.19. The lowest BCUT2D eigenvalue weighted by molar-refractivity contribution is 0.363. The number of hydrogen-bond acceptors (Lipinski definition) is 3. The predicted octanol–water partition coefficient (Wildman–Crippen LogP) is 4.98. The normalized spacial score (nSPS) is 17.1. The van der Waals surface area contributed by atoms with E-state index < -0.39 is 15.8 Å². The second kappa shape index (κ2) is 9.83. The van der Waals surface area contributed by atoms with Crippen LogP contribution in [0.1, 0.15) is 57.4 Å². The summed E-state index contributed by atoms with van der Waals surface area (Å²) >= 11 is 0. The summed E-state index contributed by atoms with van der Waals surface area (Å²) in [7, 11) is -3.96. The summed E-state index contributed by atoms with van der Waals surface area (Å²) in [6.07, 6.45) is 9.13. The highest BCUT2D eigenvalue weighted by atomic mass is 32.2. The summed E-state index contributed by atoms with van der Waals surface area (Å²) in [6, 6.07) is 11.5. The van der Waals surface area contributed by atoms with Gasteiger partial charge in [0.25, 0.3) is 0 Å². The predicted molar refractivity (Wildman–Crippen MR) is 115 cm³/mol. The van der Waals surface area contributed by atoms with Gasteiger partial charge in [-0.2, -0.15) is 0 Å². The summed E-state index contributed by atoms with van der Waals surface area (Å²) in [5, 5.41) is 8.94. The van der Waals surface area contributed by atoms with Gasteiger partial charge in [-0.25, -0.2) is 17.9 Å². The minimum absolute atomic E-state index is 0.0575. The molecule has 2 aromatic rings. The van der Waals surface area contributed by atoms with Crippen molar-refractivity contribution in [3.63, 3.8) is 0 Å². The molecule has 1 saturated carbocycles. The Balaban J connectivity index is 1.77. The fourth-order valence-electron chi connectivity index (χ4n) is 4.37. The van der Waals surface area contributed by atoms with E-state index in [1.807, 2.05) is 24.3 Å². The zero-order valence-electron chi connectivity index (χ0n) is 17.0. The number of benzene rings is 2. The molecule has 0 aromatic heterocycles. The molecule has 0 spiro atoms. The Bertz CT molecular complexity index is 922. The maximum Gasteiger partial charge on any atom is 0.238 e. The van der Waals surface area contributed by atoms with E-state index in [1.165, 1.54) is 50.7 Å². The first kappa shape index (κ1) is 21.9. The van der Waals surface area contributed by atoms with Crippen LogP contribution in [-0.2, 0) is 16.6 Å². The van der Waals surface area contributed by atoms with Crippen molar-refractivity contribution in [3.8, 4) is 11.1 Å². The Morgan fingerprint density at radius 1 is 1.07 bits per heavy atom. The smallest absolute Gasteiger partial charge is 0.238 e. The molecule has 1 aliphatic rings. The molecule has 0 heterocycles. The maximum atomic E-state index is 13.9. The lowest BCUT2D eigenvalue weighted by atomic mass is 9.93. The number of rotatable bonds is 7. The number of nitrogens with two attached hydrogens (primary N) is 1. The Hall–Kier alpha value is -1.76. The zero-order valence-corrected chi connectivity index (χ0v) is 17.8. The standard InChI is InChI=1S/C23H31FN2O2S/c1-17(14-18-8-4-2-3-5-9-18)26-16-19-10-6-7-11-21(19)22-15-20(24)12-13-23(22)29(25,27)28/h6-7,10-13,15,17-18,26H,2-5,8-9,14,16H2,1H3,(H2,25,27,28). The topological polar surface area (TPSA) is 72.2 Å². The second-order valence-electron chi connectivity index (χ2n) is 8.22. The van der Waals surface area contributed by atoms with Crippen LogP contribution in [0.3, 0.4) is 0 Å². The minimum atomic E-state index is -3.96. The molecule has 2 aromatic carbocycles. The van der Waals surface area contributed by atoms with Gasteiger partial charge in [0.2, 0.25) is 10.0 Å². The number of primary sulfonamides is 1. The summed E-state index contributed by atoms with van der Waals surface area (Å²) in [6.45, 7) is 2.79. The molecule has 29 heavy (non-hydrogen) atoms. The molecule has 3 N–H and O–H groups in total. The van der Waals surface area contributed by atoms with Gasteiger partial charge in [0.1, 0.15) is 5.82 Å². The van der Waals surface area contributed by atoms with Crippen LogP contribution in [-0.4, -0.2) is 14.5 Å². The molecule has 0 amide bonds. The third-order valence-corrected chi connectivity index (χ3v) is 6.83. The highest BCUT2D eigenvalue weighted by Crippen LogP contribution is 2.31. The van der Waals surface area contributed by atoms with Crippen molar-refractivity contribution >= 4 is 10.0 Å². The van der Waals surface area contributed by atoms with Gasteiger partial charge in [-0.15, -0.1) is 0 Å². The van der Waals surface area contributed by atoms with E-state index in [4.69, 9.17) is 5.14 Å². The molecule has 4 nitrogen and oxygen atoms in total. The van der Waals surface area contributed by atoms with E-state index in [2.05, 4.69) is 12.2 Å². The number of nitrogens with one attached hydrogen (secondary N) is 1. The molecule has 0 radical (unpaired) electrons. The number of halogens is 1. The lowest BCUT2D eigenvalue weighted by Gasteiger charge is -2.21. The molecule has 0 aliphatic heterocycles. The first-order valence-corrected chi connectivity index (χ1v) is 12.0. The van der Waals surface area contributed by atoms with Gasteiger partial charge in [0, 0.05) is 18.2 Å². The number of hydrogen-bond donors (Lipinski definition) is 2. The molecule has 1 unspecified atom stereocenters. The first-order chi connectivity index (χ1) is 13.8. The van der Waals surface area contributed by atoms with Gasteiger partial charge in [0.15, 0.2) is 0 Å². The first-order valence-electron chi connectivity index (χ1n) is 10.5. The summed E-state index contributed by atoms with van der Waals surface area (Å²) in [5.41, 5.74) is 1.92. The van der Waals surface area contributed by atoms with Gasteiger partial charge in [-0.3, -0.25) is 0 Å². The van der Waals surface area contributed by atoms with Crippen LogP contribution in [0.15, 0.2) is 47.4 Å². The minimum Gasteiger partial charge on any atom is -0.310 e.